The zero-order valence-corrected chi connectivity index (χ0v) is 19.1. The fraction of sp³-hybridized carbons (Fsp3) is 0.375. The fourth-order valence-corrected chi connectivity index (χ4v) is 5.58. The molecule has 0 radical (unpaired) electrons. The van der Waals surface area contributed by atoms with Crippen molar-refractivity contribution in [3.8, 4) is 11.4 Å². The van der Waals surface area contributed by atoms with Crippen molar-refractivity contribution in [1.29, 1.82) is 0 Å². The summed E-state index contributed by atoms with van der Waals surface area (Å²) in [6.07, 6.45) is 5.91. The number of amides is 2. The third-order valence-electron chi connectivity index (χ3n) is 6.98. The number of aromatic nitrogens is 5. The topological polar surface area (TPSA) is 101 Å². The van der Waals surface area contributed by atoms with Crippen molar-refractivity contribution in [2.24, 2.45) is 5.92 Å². The molecule has 1 saturated heterocycles. The number of anilines is 1. The minimum atomic E-state index is -0.653. The van der Waals surface area contributed by atoms with E-state index < -0.39 is 11.4 Å². The second-order valence-corrected chi connectivity index (χ2v) is 9.47. The van der Waals surface area contributed by atoms with E-state index in [-0.39, 0.29) is 17.8 Å². The van der Waals surface area contributed by atoms with Crippen molar-refractivity contribution < 1.29 is 13.6 Å². The highest BCUT2D eigenvalue weighted by atomic mass is 19.1. The zero-order valence-electron chi connectivity index (χ0n) is 19.1. The number of piperidine rings is 1. The van der Waals surface area contributed by atoms with Crippen LogP contribution in [0.1, 0.15) is 43.5 Å². The Morgan fingerprint density at radius 3 is 2.91 bits per heavy atom. The predicted octanol–water partition coefficient (Wildman–Crippen LogP) is 4.47. The molecular formula is C24H24FN7O2. The molecule has 3 aromatic heterocycles. The molecule has 0 spiro atoms. The first kappa shape index (κ1) is 20.8. The molecule has 34 heavy (non-hydrogen) atoms. The largest absolute Gasteiger partial charge is 0.423 e. The van der Waals surface area contributed by atoms with E-state index in [0.29, 0.717) is 34.7 Å². The summed E-state index contributed by atoms with van der Waals surface area (Å²) in [5.41, 5.74) is 1.61. The SMILES string of the molecule is Cc1nnc(C23CC(C)CC(C2)N3C(=O)Nc2cc(-c3ncc4cccn4n3)c(C)cc2F)o1. The maximum absolute atomic E-state index is 14.9. The Morgan fingerprint density at radius 2 is 2.12 bits per heavy atom. The fourth-order valence-electron chi connectivity index (χ4n) is 5.58. The van der Waals surface area contributed by atoms with Gasteiger partial charge in [-0.2, -0.15) is 0 Å². The Labute approximate surface area is 195 Å². The van der Waals surface area contributed by atoms with Gasteiger partial charge in [0.05, 0.1) is 17.4 Å². The van der Waals surface area contributed by atoms with Gasteiger partial charge in [-0.1, -0.05) is 6.92 Å². The molecule has 1 aliphatic carbocycles. The Bertz CT molecular complexity index is 1430. The van der Waals surface area contributed by atoms with Gasteiger partial charge in [-0.15, -0.1) is 15.3 Å². The number of hydrogen-bond donors (Lipinski definition) is 1. The molecule has 9 nitrogen and oxygen atoms in total. The van der Waals surface area contributed by atoms with Gasteiger partial charge in [-0.3, -0.25) is 0 Å². The number of fused-ring (bicyclic) bond motifs is 3. The standard InChI is InChI=1S/C24H24FN7O2/c1-13-7-17-11-24(10-13,22-29-28-15(3)34-22)32(17)23(33)27-20-9-18(14(2)8-19(20)25)21-26-12-16-5-4-6-31(16)30-21/h4-6,8-9,12-13,17H,7,10-11H2,1-3H3,(H,27,33). The van der Waals surface area contributed by atoms with Crippen LogP contribution in [0.5, 0.6) is 0 Å². The molecule has 1 N–H and O–H groups in total. The van der Waals surface area contributed by atoms with Crippen LogP contribution in [0.25, 0.3) is 16.9 Å². The lowest BCUT2D eigenvalue weighted by Crippen LogP contribution is -2.70. The van der Waals surface area contributed by atoms with Crippen molar-refractivity contribution in [3.05, 3.63) is 59.8 Å². The molecule has 3 atom stereocenters. The average molecular weight is 462 g/mol. The van der Waals surface area contributed by atoms with Gasteiger partial charge >= 0.3 is 6.03 Å². The Balaban J connectivity index is 1.33. The molecule has 3 unspecified atom stereocenters. The number of carbonyl (C=O) groups is 1. The number of halogens is 1. The molecule has 4 heterocycles. The predicted molar refractivity (Wildman–Crippen MR) is 121 cm³/mol. The van der Waals surface area contributed by atoms with Crippen LogP contribution in [0.15, 0.2) is 41.1 Å². The first-order valence-electron chi connectivity index (χ1n) is 11.4. The second-order valence-electron chi connectivity index (χ2n) is 9.47. The molecule has 2 amide bonds. The molecule has 4 aromatic rings. The molecule has 2 fully saturated rings. The van der Waals surface area contributed by atoms with Crippen molar-refractivity contribution in [3.63, 3.8) is 0 Å². The van der Waals surface area contributed by atoms with Gasteiger partial charge in [0, 0.05) is 31.1 Å². The van der Waals surface area contributed by atoms with Gasteiger partial charge in [0.1, 0.15) is 11.4 Å². The minimum Gasteiger partial charge on any atom is -0.423 e. The third kappa shape index (κ3) is 3.08. The number of likely N-dealkylation sites (tertiary alicyclic amines) is 1. The first-order chi connectivity index (χ1) is 16.3. The first-order valence-corrected chi connectivity index (χ1v) is 11.4. The van der Waals surface area contributed by atoms with Crippen LogP contribution >= 0.6 is 0 Å². The molecule has 1 aliphatic heterocycles. The van der Waals surface area contributed by atoms with E-state index in [0.717, 1.165) is 24.8 Å². The van der Waals surface area contributed by atoms with E-state index in [1.54, 1.807) is 35.5 Å². The van der Waals surface area contributed by atoms with E-state index in [1.165, 1.54) is 6.07 Å². The molecular weight excluding hydrogens is 437 g/mol. The number of nitrogens with one attached hydrogen (secondary N) is 1. The highest BCUT2D eigenvalue weighted by molar-refractivity contribution is 5.92. The molecule has 1 aromatic carbocycles. The number of rotatable bonds is 3. The second kappa shape index (κ2) is 7.34. The van der Waals surface area contributed by atoms with Crippen molar-refractivity contribution >= 4 is 17.2 Å². The highest BCUT2D eigenvalue weighted by Crippen LogP contribution is 2.55. The summed E-state index contributed by atoms with van der Waals surface area (Å²) in [5.74, 6) is 1.25. The number of nitrogens with zero attached hydrogens (tertiary/aromatic N) is 6. The molecule has 1 saturated carbocycles. The van der Waals surface area contributed by atoms with Crippen molar-refractivity contribution in [2.75, 3.05) is 5.32 Å². The lowest BCUT2D eigenvalue weighted by molar-refractivity contribution is -0.110. The van der Waals surface area contributed by atoms with E-state index in [1.807, 2.05) is 18.3 Å². The van der Waals surface area contributed by atoms with Gasteiger partial charge in [-0.05, 0) is 55.5 Å². The maximum atomic E-state index is 14.9. The number of aryl methyl sites for hydroxylation is 2. The molecule has 6 rings (SSSR count). The smallest absolute Gasteiger partial charge is 0.323 e. The van der Waals surface area contributed by atoms with Gasteiger partial charge < -0.3 is 14.6 Å². The van der Waals surface area contributed by atoms with Crippen LogP contribution < -0.4 is 5.32 Å². The van der Waals surface area contributed by atoms with Gasteiger partial charge in [0.25, 0.3) is 0 Å². The molecule has 2 bridgehead atoms. The van der Waals surface area contributed by atoms with Crippen LogP contribution in [-0.4, -0.2) is 41.8 Å². The van der Waals surface area contributed by atoms with Crippen LogP contribution in [0.2, 0.25) is 0 Å². The summed E-state index contributed by atoms with van der Waals surface area (Å²) in [6, 6.07) is 6.43. The van der Waals surface area contributed by atoms with Crippen LogP contribution in [0.3, 0.4) is 0 Å². The molecule has 10 heteroatoms. The highest BCUT2D eigenvalue weighted by Gasteiger charge is 2.62. The summed E-state index contributed by atoms with van der Waals surface area (Å²) >= 11 is 0. The zero-order chi connectivity index (χ0) is 23.6. The van der Waals surface area contributed by atoms with Gasteiger partial charge in [-0.25, -0.2) is 18.7 Å². The van der Waals surface area contributed by atoms with Crippen molar-refractivity contribution in [1.82, 2.24) is 29.7 Å². The van der Waals surface area contributed by atoms with Gasteiger partial charge in [0.2, 0.25) is 11.8 Å². The van der Waals surface area contributed by atoms with E-state index >= 15 is 0 Å². The summed E-state index contributed by atoms with van der Waals surface area (Å²) in [4.78, 5) is 19.6. The summed E-state index contributed by atoms with van der Waals surface area (Å²) in [5, 5.41) is 15.5. The van der Waals surface area contributed by atoms with Crippen molar-refractivity contribution in [2.45, 2.75) is 51.6 Å². The minimum absolute atomic E-state index is 0.0448. The monoisotopic (exact) mass is 461 g/mol. The number of benzene rings is 1. The number of hydrogen-bond acceptors (Lipinski definition) is 6. The molecule has 174 valence electrons. The van der Waals surface area contributed by atoms with Crippen LogP contribution in [0.4, 0.5) is 14.9 Å². The number of carbonyl (C=O) groups excluding carboxylic acids is 1. The van der Waals surface area contributed by atoms with Gasteiger partial charge in [0.15, 0.2) is 5.82 Å². The normalized spacial score (nSPS) is 23.7. The molecule has 2 aliphatic rings. The van der Waals surface area contributed by atoms with E-state index in [9.17, 15) is 9.18 Å². The summed E-state index contributed by atoms with van der Waals surface area (Å²) < 4.78 is 22.4. The quantitative estimate of drug-likeness (QED) is 0.483. The summed E-state index contributed by atoms with van der Waals surface area (Å²) in [7, 11) is 0. The Hall–Kier alpha value is -3.82. The lowest BCUT2D eigenvalue weighted by Gasteiger charge is -2.61. The van der Waals surface area contributed by atoms with Crippen LogP contribution in [0, 0.1) is 25.6 Å². The Kier molecular flexibility index (Phi) is 4.48. The third-order valence-corrected chi connectivity index (χ3v) is 6.98. The van der Waals surface area contributed by atoms with E-state index in [4.69, 9.17) is 4.42 Å². The maximum Gasteiger partial charge on any atom is 0.323 e. The number of urea groups is 1. The lowest BCUT2D eigenvalue weighted by atomic mass is 9.64. The Morgan fingerprint density at radius 1 is 1.26 bits per heavy atom. The average Bonchev–Trinajstić information content (AvgIpc) is 3.43. The van der Waals surface area contributed by atoms with E-state index in [2.05, 4.69) is 32.5 Å². The van der Waals surface area contributed by atoms with Crippen LogP contribution in [-0.2, 0) is 5.54 Å². The summed E-state index contributed by atoms with van der Waals surface area (Å²) in [6.45, 7) is 5.69.